The molecule has 0 bridgehead atoms. The van der Waals surface area contributed by atoms with Gasteiger partial charge < -0.3 is 15.2 Å². The van der Waals surface area contributed by atoms with Crippen LogP contribution in [0.1, 0.15) is 25.3 Å². The third kappa shape index (κ3) is 2.65. The van der Waals surface area contributed by atoms with Gasteiger partial charge in [0.1, 0.15) is 0 Å². The van der Waals surface area contributed by atoms with Crippen molar-refractivity contribution in [3.05, 3.63) is 52.6 Å². The number of dihydropyridines is 1. The van der Waals surface area contributed by atoms with Crippen molar-refractivity contribution in [1.29, 1.82) is 0 Å². The molecule has 6 heteroatoms. The Hall–Kier alpha value is -2.63. The molecule has 6 nitrogen and oxygen atoms in total. The second-order valence-corrected chi connectivity index (χ2v) is 4.72. The van der Waals surface area contributed by atoms with Gasteiger partial charge in [-0.3, -0.25) is 4.98 Å². The topological polar surface area (TPSA) is 88.5 Å². The Kier molecular flexibility index (Phi) is 4.07. The Morgan fingerprint density at radius 1 is 1.29 bits per heavy atom. The van der Waals surface area contributed by atoms with E-state index in [1.807, 2.05) is 0 Å². The van der Waals surface area contributed by atoms with E-state index in [1.54, 1.807) is 38.4 Å². The molecule has 0 saturated heterocycles. The minimum Gasteiger partial charge on any atom is -0.478 e. The quantitative estimate of drug-likeness (QED) is 0.821. The largest absolute Gasteiger partial charge is 0.478 e. The highest BCUT2D eigenvalue weighted by atomic mass is 16.5. The van der Waals surface area contributed by atoms with Crippen LogP contribution in [-0.2, 0) is 14.3 Å². The number of aromatic nitrogens is 1. The third-order valence-corrected chi connectivity index (χ3v) is 3.41. The van der Waals surface area contributed by atoms with Crippen LogP contribution in [0.5, 0.6) is 0 Å². The van der Waals surface area contributed by atoms with Crippen molar-refractivity contribution in [2.24, 2.45) is 0 Å². The number of ether oxygens (including phenoxy) is 1. The summed E-state index contributed by atoms with van der Waals surface area (Å²) >= 11 is 0. The normalized spacial score (nSPS) is 18.3. The molecule has 1 aromatic heterocycles. The maximum Gasteiger partial charge on any atom is 0.336 e. The molecular formula is C15H16N2O4. The van der Waals surface area contributed by atoms with E-state index in [2.05, 4.69) is 10.3 Å². The molecule has 1 atom stereocenters. The molecule has 0 fully saturated rings. The summed E-state index contributed by atoms with van der Waals surface area (Å²) in [5, 5.41) is 12.4. The summed E-state index contributed by atoms with van der Waals surface area (Å²) in [6, 6.07) is 3.45. The number of carboxylic acids is 1. The maximum absolute atomic E-state index is 12.1. The summed E-state index contributed by atoms with van der Waals surface area (Å²) in [7, 11) is 1.27. The number of carboxylic acid groups (broad SMARTS) is 1. The first kappa shape index (κ1) is 14.8. The van der Waals surface area contributed by atoms with Gasteiger partial charge in [-0.15, -0.1) is 0 Å². The highest BCUT2D eigenvalue weighted by molar-refractivity contribution is 5.99. The van der Waals surface area contributed by atoms with Crippen LogP contribution in [-0.4, -0.2) is 29.1 Å². The number of carbonyl (C=O) groups excluding carboxylic acids is 1. The fraction of sp³-hybridized carbons (Fsp3) is 0.267. The highest BCUT2D eigenvalue weighted by Crippen LogP contribution is 2.38. The molecule has 2 rings (SSSR count). The van der Waals surface area contributed by atoms with Crippen LogP contribution >= 0.6 is 0 Å². The summed E-state index contributed by atoms with van der Waals surface area (Å²) < 4.78 is 4.80. The Morgan fingerprint density at radius 2 is 1.95 bits per heavy atom. The predicted octanol–water partition coefficient (Wildman–Crippen LogP) is 1.57. The van der Waals surface area contributed by atoms with Crippen LogP contribution < -0.4 is 5.32 Å². The Labute approximate surface area is 122 Å². The summed E-state index contributed by atoms with van der Waals surface area (Å²) in [5.74, 6) is -2.34. The lowest BCUT2D eigenvalue weighted by Crippen LogP contribution is -2.31. The zero-order chi connectivity index (χ0) is 15.6. The zero-order valence-electron chi connectivity index (χ0n) is 12.0. The maximum atomic E-state index is 12.1. The molecule has 110 valence electrons. The molecule has 21 heavy (non-hydrogen) atoms. The van der Waals surface area contributed by atoms with Crippen molar-refractivity contribution in [3.8, 4) is 0 Å². The van der Waals surface area contributed by atoms with Crippen LogP contribution in [0.4, 0.5) is 0 Å². The first-order valence-corrected chi connectivity index (χ1v) is 6.37. The molecule has 1 aliphatic rings. The zero-order valence-corrected chi connectivity index (χ0v) is 12.0. The molecule has 1 aromatic rings. The van der Waals surface area contributed by atoms with Crippen molar-refractivity contribution >= 4 is 11.9 Å². The van der Waals surface area contributed by atoms with Gasteiger partial charge in [0.15, 0.2) is 0 Å². The van der Waals surface area contributed by atoms with Gasteiger partial charge in [-0.1, -0.05) is 6.07 Å². The third-order valence-electron chi connectivity index (χ3n) is 3.41. The van der Waals surface area contributed by atoms with Gasteiger partial charge in [0, 0.05) is 23.8 Å². The first-order valence-electron chi connectivity index (χ1n) is 6.37. The molecular weight excluding hydrogens is 272 g/mol. The molecule has 2 heterocycles. The van der Waals surface area contributed by atoms with Crippen LogP contribution in [0, 0.1) is 0 Å². The fourth-order valence-electron chi connectivity index (χ4n) is 2.54. The minimum absolute atomic E-state index is 0.119. The van der Waals surface area contributed by atoms with Gasteiger partial charge in [0.25, 0.3) is 0 Å². The lowest BCUT2D eigenvalue weighted by Gasteiger charge is -2.29. The van der Waals surface area contributed by atoms with Crippen LogP contribution in [0.3, 0.4) is 0 Å². The lowest BCUT2D eigenvalue weighted by atomic mass is 9.81. The molecule has 1 unspecified atom stereocenters. The van der Waals surface area contributed by atoms with Gasteiger partial charge in [-0.2, -0.15) is 0 Å². The summed E-state index contributed by atoms with van der Waals surface area (Å²) in [6.07, 6.45) is 3.15. The number of aliphatic carboxylic acids is 1. The molecule has 0 saturated carbocycles. The average Bonchev–Trinajstić information content (AvgIpc) is 2.46. The van der Waals surface area contributed by atoms with Crippen molar-refractivity contribution in [3.63, 3.8) is 0 Å². The van der Waals surface area contributed by atoms with Gasteiger partial charge in [-0.05, 0) is 25.5 Å². The molecule has 0 radical (unpaired) electrons. The fourth-order valence-corrected chi connectivity index (χ4v) is 2.54. The summed E-state index contributed by atoms with van der Waals surface area (Å²) in [4.78, 5) is 27.7. The van der Waals surface area contributed by atoms with Gasteiger partial charge in [-0.25, -0.2) is 9.59 Å². The van der Waals surface area contributed by atoms with E-state index in [1.165, 1.54) is 7.11 Å². The number of rotatable bonds is 3. The molecule has 2 N–H and O–H groups in total. The number of nitrogens with one attached hydrogen (secondary N) is 1. The standard InChI is InChI=1S/C15H16N2O4/c1-8-11(14(18)19)13(10-5-4-6-16-7-10)12(9(2)17-8)15(20)21-3/h4-7,13,17H,1-3H3,(H,18,19). The van der Waals surface area contributed by atoms with E-state index >= 15 is 0 Å². The number of hydrogen-bond acceptors (Lipinski definition) is 5. The van der Waals surface area contributed by atoms with E-state index in [0.717, 1.165) is 0 Å². The Balaban J connectivity index is 2.66. The predicted molar refractivity (Wildman–Crippen MR) is 75.2 cm³/mol. The molecule has 0 spiro atoms. The van der Waals surface area contributed by atoms with Gasteiger partial charge >= 0.3 is 11.9 Å². The van der Waals surface area contributed by atoms with Crippen molar-refractivity contribution in [2.75, 3.05) is 7.11 Å². The minimum atomic E-state index is -1.08. The van der Waals surface area contributed by atoms with Crippen LogP contribution in [0.15, 0.2) is 47.1 Å². The number of methoxy groups -OCH3 is 1. The molecule has 1 aliphatic heterocycles. The van der Waals surface area contributed by atoms with Gasteiger partial charge in [0.2, 0.25) is 0 Å². The van der Waals surface area contributed by atoms with Gasteiger partial charge in [0.05, 0.1) is 24.2 Å². The van der Waals surface area contributed by atoms with E-state index in [-0.39, 0.29) is 11.1 Å². The Bertz CT molecular complexity index is 647. The second kappa shape index (κ2) is 5.78. The van der Waals surface area contributed by atoms with E-state index < -0.39 is 17.9 Å². The first-order chi connectivity index (χ1) is 9.97. The number of carbonyl (C=O) groups is 2. The second-order valence-electron chi connectivity index (χ2n) is 4.72. The van der Waals surface area contributed by atoms with Crippen LogP contribution in [0.2, 0.25) is 0 Å². The SMILES string of the molecule is COC(=O)C1=C(C)NC(C)=C(C(=O)O)C1c1cccnc1. The monoisotopic (exact) mass is 288 g/mol. The van der Waals surface area contributed by atoms with E-state index in [0.29, 0.717) is 17.0 Å². The van der Waals surface area contributed by atoms with Crippen molar-refractivity contribution in [2.45, 2.75) is 19.8 Å². The van der Waals surface area contributed by atoms with E-state index in [9.17, 15) is 14.7 Å². The average molecular weight is 288 g/mol. The lowest BCUT2D eigenvalue weighted by molar-refractivity contribution is -0.136. The molecule has 0 amide bonds. The van der Waals surface area contributed by atoms with Crippen LogP contribution in [0.25, 0.3) is 0 Å². The smallest absolute Gasteiger partial charge is 0.336 e. The number of hydrogen-bond donors (Lipinski definition) is 2. The summed E-state index contributed by atoms with van der Waals surface area (Å²) in [5.41, 5.74) is 2.12. The number of nitrogens with zero attached hydrogens (tertiary/aromatic N) is 1. The highest BCUT2D eigenvalue weighted by Gasteiger charge is 2.36. The van der Waals surface area contributed by atoms with E-state index in [4.69, 9.17) is 4.74 Å². The molecule has 0 aromatic carbocycles. The Morgan fingerprint density at radius 3 is 2.48 bits per heavy atom. The summed E-state index contributed by atoms with van der Waals surface area (Å²) in [6.45, 7) is 3.39. The number of esters is 1. The number of allylic oxidation sites excluding steroid dienone is 2. The number of pyridine rings is 1. The van der Waals surface area contributed by atoms with Crippen molar-refractivity contribution < 1.29 is 19.4 Å². The van der Waals surface area contributed by atoms with Crippen molar-refractivity contribution in [1.82, 2.24) is 10.3 Å². The molecule has 0 aliphatic carbocycles.